The molecule has 0 saturated carbocycles. The van der Waals surface area contributed by atoms with Gasteiger partial charge in [-0.2, -0.15) is 0 Å². The number of hydrogen-bond acceptors (Lipinski definition) is 4. The average Bonchev–Trinajstić information content (AvgIpc) is 3.45. The summed E-state index contributed by atoms with van der Waals surface area (Å²) in [5, 5.41) is 4.63. The summed E-state index contributed by atoms with van der Waals surface area (Å²) < 4.78 is 5.32. The molecular formula is C25H26N4O2. The molecule has 0 radical (unpaired) electrons. The third kappa shape index (κ3) is 3.93. The fraction of sp³-hybridized carbons (Fsp3) is 0.280. The number of para-hydroxylation sites is 1. The number of aromatic nitrogens is 2. The van der Waals surface area contributed by atoms with Gasteiger partial charge in [0.2, 0.25) is 0 Å². The summed E-state index contributed by atoms with van der Waals surface area (Å²) in [5.41, 5.74) is 5.68. The number of aromatic amines is 1. The highest BCUT2D eigenvalue weighted by Crippen LogP contribution is 2.25. The van der Waals surface area contributed by atoms with E-state index in [1.54, 1.807) is 0 Å². The van der Waals surface area contributed by atoms with Crippen molar-refractivity contribution in [3.63, 3.8) is 0 Å². The zero-order valence-electron chi connectivity index (χ0n) is 17.6. The predicted octanol–water partition coefficient (Wildman–Crippen LogP) is 5.00. The molecule has 2 aromatic heterocycles. The van der Waals surface area contributed by atoms with E-state index in [4.69, 9.17) is 4.42 Å². The number of rotatable bonds is 6. The molecule has 0 spiro atoms. The molecule has 5 rings (SSSR count). The Hall–Kier alpha value is -3.54. The van der Waals surface area contributed by atoms with Crippen molar-refractivity contribution in [2.45, 2.75) is 38.8 Å². The fourth-order valence-corrected chi connectivity index (χ4v) is 4.44. The standard InChI is InChI=1S/C25H26N4O2/c1-2-29(25(30)23-13-18-6-3-4-9-21(18)28-23)20-8-5-7-19(14-20)26-15-17-10-11-24-22(12-17)27-16-31-24/h3-4,6-7,9-13,16,20,26,28H,2,5,8,14-15H2,1H3/t20-/m0/s1. The molecule has 2 N–H and O–H groups in total. The Morgan fingerprint density at radius 1 is 1.26 bits per heavy atom. The fourth-order valence-electron chi connectivity index (χ4n) is 4.44. The molecule has 0 unspecified atom stereocenters. The number of nitrogens with one attached hydrogen (secondary N) is 2. The van der Waals surface area contributed by atoms with Gasteiger partial charge in [-0.3, -0.25) is 4.79 Å². The molecule has 4 aromatic rings. The number of hydrogen-bond donors (Lipinski definition) is 2. The molecule has 2 heterocycles. The number of carbonyl (C=O) groups excluding carboxylic acids is 1. The van der Waals surface area contributed by atoms with Gasteiger partial charge in [0.05, 0.1) is 0 Å². The maximum atomic E-state index is 13.3. The van der Waals surface area contributed by atoms with Crippen molar-refractivity contribution in [1.82, 2.24) is 20.2 Å². The largest absolute Gasteiger partial charge is 0.443 e. The van der Waals surface area contributed by atoms with Crippen LogP contribution in [0.2, 0.25) is 0 Å². The minimum atomic E-state index is 0.0708. The third-order valence-corrected chi connectivity index (χ3v) is 6.06. The Morgan fingerprint density at radius 3 is 3.03 bits per heavy atom. The summed E-state index contributed by atoms with van der Waals surface area (Å²) in [6.45, 7) is 3.47. The molecule has 0 fully saturated rings. The highest BCUT2D eigenvalue weighted by molar-refractivity contribution is 5.98. The van der Waals surface area contributed by atoms with Crippen molar-refractivity contribution in [1.29, 1.82) is 0 Å². The molecule has 31 heavy (non-hydrogen) atoms. The molecule has 1 atom stereocenters. The van der Waals surface area contributed by atoms with Crippen LogP contribution in [0, 0.1) is 0 Å². The minimum absolute atomic E-state index is 0.0708. The molecule has 1 aliphatic carbocycles. The summed E-state index contributed by atoms with van der Waals surface area (Å²) in [7, 11) is 0. The average molecular weight is 415 g/mol. The van der Waals surface area contributed by atoms with Crippen LogP contribution in [0.3, 0.4) is 0 Å². The van der Waals surface area contributed by atoms with Gasteiger partial charge in [0.25, 0.3) is 5.91 Å². The summed E-state index contributed by atoms with van der Waals surface area (Å²) >= 11 is 0. The molecule has 158 valence electrons. The molecule has 0 aliphatic heterocycles. The van der Waals surface area contributed by atoms with Gasteiger partial charge >= 0.3 is 0 Å². The lowest BCUT2D eigenvalue weighted by Gasteiger charge is -2.34. The topological polar surface area (TPSA) is 74.2 Å². The summed E-state index contributed by atoms with van der Waals surface area (Å²) in [5.74, 6) is 0.0708. The smallest absolute Gasteiger partial charge is 0.270 e. The van der Waals surface area contributed by atoms with Crippen LogP contribution in [0.1, 0.15) is 42.2 Å². The van der Waals surface area contributed by atoms with Crippen molar-refractivity contribution in [3.8, 4) is 0 Å². The van der Waals surface area contributed by atoms with Crippen molar-refractivity contribution in [2.75, 3.05) is 6.54 Å². The van der Waals surface area contributed by atoms with Gasteiger partial charge in [0, 0.05) is 42.2 Å². The van der Waals surface area contributed by atoms with Crippen LogP contribution in [0.5, 0.6) is 0 Å². The Morgan fingerprint density at radius 2 is 2.16 bits per heavy atom. The number of carbonyl (C=O) groups is 1. The number of amides is 1. The highest BCUT2D eigenvalue weighted by atomic mass is 16.3. The Kier molecular flexibility index (Phi) is 5.20. The molecule has 6 nitrogen and oxygen atoms in total. The zero-order valence-corrected chi connectivity index (χ0v) is 17.6. The van der Waals surface area contributed by atoms with Gasteiger partial charge in [-0.25, -0.2) is 4.98 Å². The van der Waals surface area contributed by atoms with Crippen LogP contribution < -0.4 is 5.32 Å². The van der Waals surface area contributed by atoms with Crippen LogP contribution >= 0.6 is 0 Å². The summed E-state index contributed by atoms with van der Waals surface area (Å²) in [6, 6.07) is 16.2. The second-order valence-corrected chi connectivity index (χ2v) is 8.03. The second kappa shape index (κ2) is 8.30. The van der Waals surface area contributed by atoms with E-state index in [0.29, 0.717) is 12.2 Å². The number of oxazole rings is 1. The molecule has 1 aliphatic rings. The quantitative estimate of drug-likeness (QED) is 0.466. The van der Waals surface area contributed by atoms with Gasteiger partial charge in [-0.1, -0.05) is 30.3 Å². The van der Waals surface area contributed by atoms with E-state index < -0.39 is 0 Å². The van der Waals surface area contributed by atoms with E-state index in [9.17, 15) is 4.79 Å². The molecule has 0 saturated heterocycles. The maximum Gasteiger partial charge on any atom is 0.270 e. The summed E-state index contributed by atoms with van der Waals surface area (Å²) in [4.78, 5) is 22.8. The van der Waals surface area contributed by atoms with Gasteiger partial charge < -0.3 is 19.6 Å². The van der Waals surface area contributed by atoms with Crippen molar-refractivity contribution >= 4 is 27.9 Å². The molecule has 6 heteroatoms. The minimum Gasteiger partial charge on any atom is -0.443 e. The normalized spacial score (nSPS) is 16.4. The number of nitrogens with zero attached hydrogens (tertiary/aromatic N) is 2. The number of benzene rings is 2. The first kappa shape index (κ1) is 19.4. The monoisotopic (exact) mass is 414 g/mol. The first-order chi connectivity index (χ1) is 15.2. The van der Waals surface area contributed by atoms with Crippen LogP contribution in [0.25, 0.3) is 22.0 Å². The number of H-pyrrole nitrogens is 1. The van der Waals surface area contributed by atoms with E-state index in [-0.39, 0.29) is 11.9 Å². The van der Waals surface area contributed by atoms with Gasteiger partial charge in [-0.15, -0.1) is 0 Å². The first-order valence-corrected chi connectivity index (χ1v) is 10.8. The lowest BCUT2D eigenvalue weighted by Crippen LogP contribution is -2.42. The summed E-state index contributed by atoms with van der Waals surface area (Å²) in [6.07, 6.45) is 6.51. The van der Waals surface area contributed by atoms with Crippen LogP contribution in [-0.2, 0) is 6.54 Å². The van der Waals surface area contributed by atoms with Gasteiger partial charge in [0.15, 0.2) is 12.0 Å². The van der Waals surface area contributed by atoms with Crippen LogP contribution in [-0.4, -0.2) is 33.4 Å². The van der Waals surface area contributed by atoms with E-state index >= 15 is 0 Å². The van der Waals surface area contributed by atoms with Gasteiger partial charge in [0.1, 0.15) is 11.2 Å². The zero-order chi connectivity index (χ0) is 21.2. The predicted molar refractivity (Wildman–Crippen MR) is 122 cm³/mol. The lowest BCUT2D eigenvalue weighted by molar-refractivity contribution is 0.0669. The Bertz CT molecular complexity index is 1220. The molecular weight excluding hydrogens is 388 g/mol. The van der Waals surface area contributed by atoms with Gasteiger partial charge in [-0.05, 0) is 49.6 Å². The number of allylic oxidation sites excluding steroid dienone is 1. The van der Waals surface area contributed by atoms with E-state index in [0.717, 1.165) is 53.4 Å². The van der Waals surface area contributed by atoms with E-state index in [1.165, 1.54) is 12.1 Å². The second-order valence-electron chi connectivity index (χ2n) is 8.03. The first-order valence-electron chi connectivity index (χ1n) is 10.8. The van der Waals surface area contributed by atoms with E-state index in [2.05, 4.69) is 34.4 Å². The van der Waals surface area contributed by atoms with Crippen molar-refractivity contribution < 1.29 is 9.21 Å². The Balaban J connectivity index is 1.26. The van der Waals surface area contributed by atoms with Crippen molar-refractivity contribution in [3.05, 3.63) is 78.0 Å². The van der Waals surface area contributed by atoms with Crippen LogP contribution in [0.15, 0.2) is 71.1 Å². The number of fused-ring (bicyclic) bond motifs is 2. The van der Waals surface area contributed by atoms with Crippen LogP contribution in [0.4, 0.5) is 0 Å². The van der Waals surface area contributed by atoms with Crippen molar-refractivity contribution in [2.24, 2.45) is 0 Å². The third-order valence-electron chi connectivity index (χ3n) is 6.06. The highest BCUT2D eigenvalue weighted by Gasteiger charge is 2.27. The van der Waals surface area contributed by atoms with E-state index in [1.807, 2.05) is 47.4 Å². The molecule has 1 amide bonds. The Labute approximate surface area is 181 Å². The molecule has 2 aromatic carbocycles. The maximum absolute atomic E-state index is 13.3. The SMILES string of the molecule is CCN(C(=O)c1cc2ccccc2[nH]1)[C@H]1CCC=C(NCc2ccc3ocnc3c2)C1. The lowest BCUT2D eigenvalue weighted by atomic mass is 9.96. The molecule has 0 bridgehead atoms.